The molecule has 98 valence electrons. The van der Waals surface area contributed by atoms with Crippen LogP contribution in [0, 0.1) is 0 Å². The van der Waals surface area contributed by atoms with Crippen LogP contribution in [0.15, 0.2) is 30.3 Å². The molecule has 0 aliphatic heterocycles. The van der Waals surface area contributed by atoms with Crippen molar-refractivity contribution in [1.29, 1.82) is 0 Å². The maximum Gasteiger partial charge on any atom is 0.0337 e. The highest BCUT2D eigenvalue weighted by Gasteiger charge is 1.77. The van der Waals surface area contributed by atoms with E-state index in [2.05, 4.69) is 5.32 Å². The molecule has 0 bridgehead atoms. The number of hydrogen-bond acceptors (Lipinski definition) is 1. The van der Waals surface area contributed by atoms with Crippen LogP contribution in [-0.4, -0.2) is 7.05 Å². The second kappa shape index (κ2) is 37.0. The largest absolute Gasteiger partial charge is 0.388 e. The molecule has 0 aliphatic rings. The van der Waals surface area contributed by atoms with Crippen LogP contribution in [0.1, 0.15) is 55.4 Å². The highest BCUT2D eigenvalue weighted by molar-refractivity contribution is 5.41. The van der Waals surface area contributed by atoms with Crippen molar-refractivity contribution in [2.24, 2.45) is 0 Å². The molecule has 1 rings (SSSR count). The first-order valence-corrected chi connectivity index (χ1v) is 6.66. The first-order chi connectivity index (χ1) is 7.93. The fourth-order valence-electron chi connectivity index (χ4n) is 0.605. The Morgan fingerprint density at radius 2 is 0.938 bits per heavy atom. The summed E-state index contributed by atoms with van der Waals surface area (Å²) in [6.07, 6.45) is 0. The molecule has 0 unspecified atom stereocenters. The molecule has 0 aliphatic carbocycles. The highest BCUT2D eigenvalue weighted by Crippen LogP contribution is 2.01. The maximum absolute atomic E-state index is 3.03. The van der Waals surface area contributed by atoms with Gasteiger partial charge in [-0.25, -0.2) is 0 Å². The molecule has 1 heteroatoms. The Morgan fingerprint density at radius 1 is 0.625 bits per heavy atom. The number of nitrogens with one attached hydrogen (secondary N) is 1. The minimum atomic E-state index is 1.16. The van der Waals surface area contributed by atoms with Crippen LogP contribution in [0.4, 0.5) is 5.69 Å². The third-order valence-corrected chi connectivity index (χ3v) is 1.06. The van der Waals surface area contributed by atoms with Gasteiger partial charge in [0.05, 0.1) is 0 Å². The zero-order valence-corrected chi connectivity index (χ0v) is 12.9. The molecule has 0 spiro atoms. The Morgan fingerprint density at radius 3 is 1.12 bits per heavy atom. The summed E-state index contributed by atoms with van der Waals surface area (Å²) >= 11 is 0. The molecule has 0 saturated heterocycles. The van der Waals surface area contributed by atoms with Gasteiger partial charge < -0.3 is 5.32 Å². The SMILES string of the molecule is CC.CC.CC.CC.CNc1ccccc1. The van der Waals surface area contributed by atoms with Crippen LogP contribution < -0.4 is 5.32 Å². The van der Waals surface area contributed by atoms with Crippen molar-refractivity contribution in [3.63, 3.8) is 0 Å². The normalized spacial score (nSPS) is 5.81. The molecule has 0 amide bonds. The molecular formula is C15H33N. The van der Waals surface area contributed by atoms with Crippen LogP contribution in [0.3, 0.4) is 0 Å². The summed E-state index contributed by atoms with van der Waals surface area (Å²) in [5.41, 5.74) is 1.16. The van der Waals surface area contributed by atoms with E-state index in [9.17, 15) is 0 Å². The number of rotatable bonds is 1. The highest BCUT2D eigenvalue weighted by atomic mass is 14.8. The Bertz CT molecular complexity index is 147. The van der Waals surface area contributed by atoms with Gasteiger partial charge in [0.1, 0.15) is 0 Å². The standard InChI is InChI=1S/C7H9N.4C2H6/c1-8-7-5-3-2-4-6-7;4*1-2/h2-6,8H,1H3;4*1-2H3. The van der Waals surface area contributed by atoms with Gasteiger partial charge in [0, 0.05) is 12.7 Å². The lowest BCUT2D eigenvalue weighted by atomic mass is 10.3. The van der Waals surface area contributed by atoms with Crippen molar-refractivity contribution in [2.45, 2.75) is 55.4 Å². The molecule has 0 aromatic heterocycles. The first kappa shape index (κ1) is 24.3. The monoisotopic (exact) mass is 227 g/mol. The lowest BCUT2D eigenvalue weighted by Gasteiger charge is -1.94. The molecular weight excluding hydrogens is 194 g/mol. The van der Waals surface area contributed by atoms with Gasteiger partial charge in [-0.2, -0.15) is 0 Å². The van der Waals surface area contributed by atoms with Gasteiger partial charge in [-0.1, -0.05) is 73.6 Å². The van der Waals surface area contributed by atoms with Gasteiger partial charge >= 0.3 is 0 Å². The number of para-hydroxylation sites is 1. The fourth-order valence-corrected chi connectivity index (χ4v) is 0.605. The van der Waals surface area contributed by atoms with Crippen molar-refractivity contribution >= 4 is 5.69 Å². The molecule has 0 saturated carbocycles. The van der Waals surface area contributed by atoms with Crippen molar-refractivity contribution in [1.82, 2.24) is 0 Å². The van der Waals surface area contributed by atoms with Crippen molar-refractivity contribution in [2.75, 3.05) is 12.4 Å². The van der Waals surface area contributed by atoms with Crippen LogP contribution in [-0.2, 0) is 0 Å². The first-order valence-electron chi connectivity index (χ1n) is 6.66. The predicted molar refractivity (Wildman–Crippen MR) is 81.4 cm³/mol. The summed E-state index contributed by atoms with van der Waals surface area (Å²) in [6, 6.07) is 10.1. The summed E-state index contributed by atoms with van der Waals surface area (Å²) in [4.78, 5) is 0. The molecule has 1 nitrogen and oxygen atoms in total. The molecule has 1 N–H and O–H groups in total. The van der Waals surface area contributed by atoms with Gasteiger partial charge in [-0.3, -0.25) is 0 Å². The van der Waals surface area contributed by atoms with Gasteiger partial charge in [-0.05, 0) is 12.1 Å². The summed E-state index contributed by atoms with van der Waals surface area (Å²) in [6.45, 7) is 16.0. The van der Waals surface area contributed by atoms with E-state index < -0.39 is 0 Å². The van der Waals surface area contributed by atoms with Crippen molar-refractivity contribution < 1.29 is 0 Å². The zero-order valence-electron chi connectivity index (χ0n) is 12.9. The smallest absolute Gasteiger partial charge is 0.0337 e. The summed E-state index contributed by atoms with van der Waals surface area (Å²) in [5, 5.41) is 3.03. The lowest BCUT2D eigenvalue weighted by molar-refractivity contribution is 1.50. The lowest BCUT2D eigenvalue weighted by Crippen LogP contribution is -1.84. The topological polar surface area (TPSA) is 12.0 Å². The average molecular weight is 227 g/mol. The molecule has 0 atom stereocenters. The number of benzene rings is 1. The van der Waals surface area contributed by atoms with E-state index in [-0.39, 0.29) is 0 Å². The quantitative estimate of drug-likeness (QED) is 0.636. The van der Waals surface area contributed by atoms with Crippen LogP contribution >= 0.6 is 0 Å². The van der Waals surface area contributed by atoms with E-state index in [0.29, 0.717) is 0 Å². The van der Waals surface area contributed by atoms with Crippen LogP contribution in [0.2, 0.25) is 0 Å². The third-order valence-electron chi connectivity index (χ3n) is 1.06. The van der Waals surface area contributed by atoms with E-state index in [1.807, 2.05) is 92.8 Å². The minimum absolute atomic E-state index is 1.16. The van der Waals surface area contributed by atoms with Gasteiger partial charge in [0.2, 0.25) is 0 Å². The zero-order chi connectivity index (χ0) is 13.8. The molecule has 0 fully saturated rings. The van der Waals surface area contributed by atoms with Gasteiger partial charge in [0.15, 0.2) is 0 Å². The van der Waals surface area contributed by atoms with Crippen LogP contribution in [0.25, 0.3) is 0 Å². The number of hydrogen-bond donors (Lipinski definition) is 1. The van der Waals surface area contributed by atoms with Crippen LogP contribution in [0.5, 0.6) is 0 Å². The molecule has 1 aromatic carbocycles. The fraction of sp³-hybridized carbons (Fsp3) is 0.600. The Balaban J connectivity index is -0.0000000771. The predicted octanol–water partition coefficient (Wildman–Crippen LogP) is 5.83. The second-order valence-corrected chi connectivity index (χ2v) is 1.62. The molecule has 1 aromatic rings. The molecule has 0 radical (unpaired) electrons. The minimum Gasteiger partial charge on any atom is -0.388 e. The Kier molecular flexibility index (Phi) is 56.1. The average Bonchev–Trinajstić information content (AvgIpc) is 2.48. The van der Waals surface area contributed by atoms with Gasteiger partial charge in [-0.15, -0.1) is 0 Å². The van der Waals surface area contributed by atoms with Crippen molar-refractivity contribution in [3.05, 3.63) is 30.3 Å². The molecule has 16 heavy (non-hydrogen) atoms. The summed E-state index contributed by atoms with van der Waals surface area (Å²) < 4.78 is 0. The van der Waals surface area contributed by atoms with Crippen molar-refractivity contribution in [3.8, 4) is 0 Å². The third kappa shape index (κ3) is 23.1. The Labute approximate surface area is 104 Å². The molecule has 0 heterocycles. The maximum atomic E-state index is 3.03. The van der Waals surface area contributed by atoms with E-state index >= 15 is 0 Å². The van der Waals surface area contributed by atoms with E-state index in [1.165, 1.54) is 0 Å². The summed E-state index contributed by atoms with van der Waals surface area (Å²) in [7, 11) is 1.91. The summed E-state index contributed by atoms with van der Waals surface area (Å²) in [5.74, 6) is 0. The van der Waals surface area contributed by atoms with E-state index in [1.54, 1.807) is 0 Å². The number of anilines is 1. The van der Waals surface area contributed by atoms with Gasteiger partial charge in [0.25, 0.3) is 0 Å². The van der Waals surface area contributed by atoms with E-state index in [4.69, 9.17) is 0 Å². The Hall–Kier alpha value is -0.980. The second-order valence-electron chi connectivity index (χ2n) is 1.62. The van der Waals surface area contributed by atoms with E-state index in [0.717, 1.165) is 5.69 Å².